The first-order valence-electron chi connectivity index (χ1n) is 8.36. The van der Waals surface area contributed by atoms with Gasteiger partial charge >= 0.3 is 6.03 Å². The van der Waals surface area contributed by atoms with Crippen LogP contribution in [-0.2, 0) is 6.54 Å². The van der Waals surface area contributed by atoms with Crippen molar-refractivity contribution in [1.29, 1.82) is 0 Å². The highest BCUT2D eigenvalue weighted by Gasteiger charge is 2.24. The molecule has 0 bridgehead atoms. The molecule has 0 radical (unpaired) electrons. The van der Waals surface area contributed by atoms with Crippen LogP contribution in [0.25, 0.3) is 0 Å². The minimum atomic E-state index is -0.0604. The summed E-state index contributed by atoms with van der Waals surface area (Å²) >= 11 is 0. The fraction of sp³-hybridized carbons (Fsp3) is 0.471. The number of hydrogen-bond acceptors (Lipinski definition) is 5. The van der Waals surface area contributed by atoms with E-state index in [4.69, 9.17) is 4.42 Å². The molecule has 2 aromatic heterocycles. The van der Waals surface area contributed by atoms with E-state index in [9.17, 15) is 4.79 Å². The molecule has 0 saturated carbocycles. The first-order chi connectivity index (χ1) is 11.8. The zero-order valence-corrected chi connectivity index (χ0v) is 13.9. The SMILES string of the molecule is CCN(Cc1ccco1)C(=O)NC1CCCN(c2ncccn2)C1. The molecule has 1 saturated heterocycles. The average Bonchev–Trinajstić information content (AvgIpc) is 3.14. The van der Waals surface area contributed by atoms with Crippen LogP contribution in [0.4, 0.5) is 10.7 Å². The number of piperidine rings is 1. The largest absolute Gasteiger partial charge is 0.467 e. The van der Waals surface area contributed by atoms with E-state index in [1.807, 2.05) is 19.1 Å². The second-order valence-electron chi connectivity index (χ2n) is 5.88. The third-order valence-corrected chi connectivity index (χ3v) is 4.18. The maximum absolute atomic E-state index is 12.5. The number of anilines is 1. The molecule has 7 nitrogen and oxygen atoms in total. The molecule has 2 amide bonds. The Morgan fingerprint density at radius 1 is 1.42 bits per heavy atom. The molecule has 1 aliphatic heterocycles. The minimum Gasteiger partial charge on any atom is -0.467 e. The number of urea groups is 1. The monoisotopic (exact) mass is 329 g/mol. The van der Waals surface area contributed by atoms with Crippen LogP contribution in [0.15, 0.2) is 41.3 Å². The van der Waals surface area contributed by atoms with Crippen molar-refractivity contribution in [3.63, 3.8) is 0 Å². The fourth-order valence-electron chi connectivity index (χ4n) is 2.91. The predicted molar refractivity (Wildman–Crippen MR) is 90.6 cm³/mol. The molecule has 3 rings (SSSR count). The Kier molecular flexibility index (Phi) is 5.30. The molecule has 1 fully saturated rings. The van der Waals surface area contributed by atoms with Crippen LogP contribution in [0.2, 0.25) is 0 Å². The average molecular weight is 329 g/mol. The summed E-state index contributed by atoms with van der Waals surface area (Å²) in [6.45, 7) is 4.72. The lowest BCUT2D eigenvalue weighted by atomic mass is 10.1. The Morgan fingerprint density at radius 2 is 2.25 bits per heavy atom. The molecule has 128 valence electrons. The Hall–Kier alpha value is -2.57. The maximum Gasteiger partial charge on any atom is 0.318 e. The highest BCUT2D eigenvalue weighted by molar-refractivity contribution is 5.74. The van der Waals surface area contributed by atoms with E-state index < -0.39 is 0 Å². The van der Waals surface area contributed by atoms with Gasteiger partial charge in [0.25, 0.3) is 0 Å². The van der Waals surface area contributed by atoms with Crippen molar-refractivity contribution in [1.82, 2.24) is 20.2 Å². The van der Waals surface area contributed by atoms with Gasteiger partial charge in [0.05, 0.1) is 12.8 Å². The van der Waals surface area contributed by atoms with Gasteiger partial charge in [-0.2, -0.15) is 0 Å². The van der Waals surface area contributed by atoms with Crippen molar-refractivity contribution in [2.45, 2.75) is 32.4 Å². The van der Waals surface area contributed by atoms with Crippen molar-refractivity contribution < 1.29 is 9.21 Å². The lowest BCUT2D eigenvalue weighted by Crippen LogP contribution is -2.51. The third kappa shape index (κ3) is 4.04. The predicted octanol–water partition coefficient (Wildman–Crippen LogP) is 2.27. The van der Waals surface area contributed by atoms with Gasteiger partial charge in [0, 0.05) is 38.1 Å². The van der Waals surface area contributed by atoms with E-state index in [1.54, 1.807) is 29.6 Å². The highest BCUT2D eigenvalue weighted by Crippen LogP contribution is 2.15. The zero-order valence-electron chi connectivity index (χ0n) is 13.9. The molecule has 0 aromatic carbocycles. The van der Waals surface area contributed by atoms with Crippen molar-refractivity contribution >= 4 is 12.0 Å². The number of amides is 2. The van der Waals surface area contributed by atoms with Gasteiger partial charge in [-0.15, -0.1) is 0 Å². The van der Waals surface area contributed by atoms with Crippen molar-refractivity contribution in [3.8, 4) is 0 Å². The van der Waals surface area contributed by atoms with Gasteiger partial charge in [0.15, 0.2) is 0 Å². The van der Waals surface area contributed by atoms with Gasteiger partial charge in [-0.25, -0.2) is 14.8 Å². The van der Waals surface area contributed by atoms with E-state index in [2.05, 4.69) is 20.2 Å². The normalized spacial score (nSPS) is 17.5. The number of rotatable bonds is 5. The van der Waals surface area contributed by atoms with Crippen LogP contribution in [-0.4, -0.2) is 46.6 Å². The number of nitrogens with one attached hydrogen (secondary N) is 1. The summed E-state index contributed by atoms with van der Waals surface area (Å²) in [6, 6.07) is 5.56. The summed E-state index contributed by atoms with van der Waals surface area (Å²) in [6.07, 6.45) is 7.08. The molecule has 24 heavy (non-hydrogen) atoms. The summed E-state index contributed by atoms with van der Waals surface area (Å²) in [4.78, 5) is 25.0. The Labute approximate surface area is 141 Å². The Bertz CT molecular complexity index is 632. The summed E-state index contributed by atoms with van der Waals surface area (Å²) in [7, 11) is 0. The van der Waals surface area contributed by atoms with Crippen molar-refractivity contribution in [2.75, 3.05) is 24.5 Å². The molecule has 1 atom stereocenters. The van der Waals surface area contributed by atoms with Crippen LogP contribution >= 0.6 is 0 Å². The van der Waals surface area contributed by atoms with Gasteiger partial charge < -0.3 is 19.5 Å². The number of carbonyl (C=O) groups is 1. The topological polar surface area (TPSA) is 74.5 Å². The maximum atomic E-state index is 12.5. The molecule has 1 N–H and O–H groups in total. The van der Waals surface area contributed by atoms with E-state index in [0.29, 0.717) is 13.1 Å². The smallest absolute Gasteiger partial charge is 0.318 e. The summed E-state index contributed by atoms with van der Waals surface area (Å²) < 4.78 is 5.33. The fourth-order valence-corrected chi connectivity index (χ4v) is 2.91. The standard InChI is InChI=1S/C17H23N5O2/c1-2-21(13-15-7-4-11-24-15)17(23)20-14-6-3-10-22(12-14)16-18-8-5-9-19-16/h4-5,7-9,11,14H,2-3,6,10,12-13H2,1H3,(H,20,23). The van der Waals surface area contributed by atoms with Crippen LogP contribution < -0.4 is 10.2 Å². The number of furan rings is 1. The summed E-state index contributed by atoms with van der Waals surface area (Å²) in [5, 5.41) is 3.13. The van der Waals surface area contributed by atoms with Crippen LogP contribution in [0.1, 0.15) is 25.5 Å². The minimum absolute atomic E-state index is 0.0604. The molecular weight excluding hydrogens is 306 g/mol. The number of hydrogen-bond donors (Lipinski definition) is 1. The zero-order chi connectivity index (χ0) is 16.8. The Balaban J connectivity index is 1.57. The van der Waals surface area contributed by atoms with E-state index in [1.165, 1.54) is 0 Å². The molecule has 3 heterocycles. The second kappa shape index (κ2) is 7.81. The van der Waals surface area contributed by atoms with Crippen molar-refractivity contribution in [3.05, 3.63) is 42.6 Å². The number of carbonyl (C=O) groups excluding carboxylic acids is 1. The first kappa shape index (κ1) is 16.3. The van der Waals surface area contributed by atoms with Crippen LogP contribution in [0.3, 0.4) is 0 Å². The molecule has 0 aliphatic carbocycles. The molecular formula is C17H23N5O2. The summed E-state index contributed by atoms with van der Waals surface area (Å²) in [5.41, 5.74) is 0. The van der Waals surface area contributed by atoms with Gasteiger partial charge in [-0.05, 0) is 38.0 Å². The molecule has 1 unspecified atom stereocenters. The van der Waals surface area contributed by atoms with Crippen LogP contribution in [0, 0.1) is 0 Å². The highest BCUT2D eigenvalue weighted by atomic mass is 16.3. The second-order valence-corrected chi connectivity index (χ2v) is 5.88. The van der Waals surface area contributed by atoms with Gasteiger partial charge in [0.1, 0.15) is 5.76 Å². The molecule has 1 aliphatic rings. The lowest BCUT2D eigenvalue weighted by molar-refractivity contribution is 0.188. The molecule has 0 spiro atoms. The third-order valence-electron chi connectivity index (χ3n) is 4.18. The molecule has 2 aromatic rings. The quantitative estimate of drug-likeness (QED) is 0.911. The summed E-state index contributed by atoms with van der Waals surface area (Å²) in [5.74, 6) is 1.51. The Morgan fingerprint density at radius 3 is 2.96 bits per heavy atom. The lowest BCUT2D eigenvalue weighted by Gasteiger charge is -2.34. The van der Waals surface area contributed by atoms with Crippen LogP contribution in [0.5, 0.6) is 0 Å². The van der Waals surface area contributed by atoms with Gasteiger partial charge in [-0.1, -0.05) is 0 Å². The number of nitrogens with zero attached hydrogens (tertiary/aromatic N) is 4. The van der Waals surface area contributed by atoms with Gasteiger partial charge in [0.2, 0.25) is 5.95 Å². The van der Waals surface area contributed by atoms with E-state index >= 15 is 0 Å². The van der Waals surface area contributed by atoms with Crippen molar-refractivity contribution in [2.24, 2.45) is 0 Å². The first-order valence-corrected chi connectivity index (χ1v) is 8.36. The number of aromatic nitrogens is 2. The van der Waals surface area contributed by atoms with Gasteiger partial charge in [-0.3, -0.25) is 0 Å². The molecule has 7 heteroatoms. The van der Waals surface area contributed by atoms with E-state index in [-0.39, 0.29) is 12.1 Å². The van der Waals surface area contributed by atoms with E-state index in [0.717, 1.165) is 37.6 Å².